The Morgan fingerprint density at radius 3 is 2.69 bits per heavy atom. The van der Waals surface area contributed by atoms with Gasteiger partial charge in [-0.05, 0) is 44.2 Å². The first-order chi connectivity index (χ1) is 12.1. The molecule has 2 saturated heterocycles. The lowest BCUT2D eigenvalue weighted by atomic mass is 9.79. The van der Waals surface area contributed by atoms with Gasteiger partial charge < -0.3 is 15.8 Å². The van der Waals surface area contributed by atoms with Gasteiger partial charge in [0, 0.05) is 38.9 Å². The van der Waals surface area contributed by atoms with Gasteiger partial charge in [0.15, 0.2) is 0 Å². The Labute approximate surface area is 163 Å². The molecule has 0 aliphatic carbocycles. The molecular weight excluding hydrogens is 350 g/mol. The predicted molar refractivity (Wildman–Crippen MR) is 106 cm³/mol. The maximum absolute atomic E-state index is 12.8. The van der Waals surface area contributed by atoms with Crippen molar-refractivity contribution in [3.8, 4) is 0 Å². The molecule has 0 saturated carbocycles. The van der Waals surface area contributed by atoms with Crippen LogP contribution in [0.1, 0.15) is 31.7 Å². The summed E-state index contributed by atoms with van der Waals surface area (Å²) >= 11 is 0. The maximum Gasteiger partial charge on any atom is 0.227 e. The van der Waals surface area contributed by atoms with Crippen LogP contribution in [0.25, 0.3) is 0 Å². The lowest BCUT2D eigenvalue weighted by molar-refractivity contribution is -0.136. The summed E-state index contributed by atoms with van der Waals surface area (Å²) in [5, 5.41) is 3.27. The topological polar surface area (TPSA) is 67.6 Å². The molecule has 0 spiro atoms. The van der Waals surface area contributed by atoms with Crippen LogP contribution in [0.5, 0.6) is 0 Å². The van der Waals surface area contributed by atoms with E-state index in [9.17, 15) is 4.79 Å². The molecule has 5 nitrogen and oxygen atoms in total. The monoisotopic (exact) mass is 381 g/mol. The van der Waals surface area contributed by atoms with E-state index in [0.717, 1.165) is 38.9 Å². The summed E-state index contributed by atoms with van der Waals surface area (Å²) in [5.74, 6) is 0.620. The highest BCUT2D eigenvalue weighted by molar-refractivity contribution is 5.85. The van der Waals surface area contributed by atoms with E-state index < -0.39 is 5.41 Å². The van der Waals surface area contributed by atoms with Gasteiger partial charge in [0.2, 0.25) is 5.91 Å². The molecule has 6 heteroatoms. The van der Waals surface area contributed by atoms with Crippen LogP contribution >= 0.6 is 12.4 Å². The molecule has 1 aromatic carbocycles. The van der Waals surface area contributed by atoms with E-state index in [-0.39, 0.29) is 24.4 Å². The van der Waals surface area contributed by atoms with Gasteiger partial charge in [-0.15, -0.1) is 12.4 Å². The number of carbonyl (C=O) groups is 1. The zero-order chi connectivity index (χ0) is 17.7. The fourth-order valence-corrected chi connectivity index (χ4v) is 4.02. The average molecular weight is 382 g/mol. The summed E-state index contributed by atoms with van der Waals surface area (Å²) in [5.41, 5.74) is 6.87. The number of likely N-dealkylation sites (tertiary alicyclic amines) is 1. The molecular formula is C20H32ClN3O2. The van der Waals surface area contributed by atoms with E-state index >= 15 is 0 Å². The summed E-state index contributed by atoms with van der Waals surface area (Å²) in [6, 6.07) is 10.8. The molecule has 1 amide bonds. The second kappa shape index (κ2) is 9.70. The molecule has 3 rings (SSSR count). The number of nitrogens with two attached hydrogens (primary N) is 1. The van der Waals surface area contributed by atoms with Crippen LogP contribution in [0.3, 0.4) is 0 Å². The Kier molecular flexibility index (Phi) is 7.89. The zero-order valence-electron chi connectivity index (χ0n) is 15.7. The third-order valence-electron chi connectivity index (χ3n) is 5.95. The summed E-state index contributed by atoms with van der Waals surface area (Å²) < 4.78 is 5.41. The van der Waals surface area contributed by atoms with E-state index in [1.165, 1.54) is 5.56 Å². The van der Waals surface area contributed by atoms with E-state index in [1.807, 2.05) is 0 Å². The highest BCUT2D eigenvalue weighted by atomic mass is 35.5. The molecule has 2 aliphatic heterocycles. The van der Waals surface area contributed by atoms with Crippen molar-refractivity contribution in [2.75, 3.05) is 32.8 Å². The lowest BCUT2D eigenvalue weighted by Crippen LogP contribution is -2.52. The minimum Gasteiger partial charge on any atom is -0.381 e. The van der Waals surface area contributed by atoms with Crippen molar-refractivity contribution >= 4 is 18.3 Å². The quantitative estimate of drug-likeness (QED) is 0.792. The zero-order valence-corrected chi connectivity index (χ0v) is 16.5. The molecule has 0 radical (unpaired) electrons. The summed E-state index contributed by atoms with van der Waals surface area (Å²) in [7, 11) is 0. The number of benzene rings is 1. The number of nitrogens with one attached hydrogen (secondary N) is 1. The van der Waals surface area contributed by atoms with Gasteiger partial charge in [-0.25, -0.2) is 0 Å². The van der Waals surface area contributed by atoms with Crippen LogP contribution in [0.4, 0.5) is 0 Å². The largest absolute Gasteiger partial charge is 0.381 e. The van der Waals surface area contributed by atoms with Crippen LogP contribution in [0.2, 0.25) is 0 Å². The summed E-state index contributed by atoms with van der Waals surface area (Å²) in [6.07, 6.45) is 2.59. The fourth-order valence-electron chi connectivity index (χ4n) is 4.02. The van der Waals surface area contributed by atoms with E-state index in [4.69, 9.17) is 10.5 Å². The van der Waals surface area contributed by atoms with Gasteiger partial charge in [0.25, 0.3) is 0 Å². The molecule has 2 unspecified atom stereocenters. The molecule has 2 heterocycles. The number of hydrogen-bond acceptors (Lipinski definition) is 4. The van der Waals surface area contributed by atoms with Gasteiger partial charge in [0.05, 0.1) is 5.41 Å². The van der Waals surface area contributed by atoms with Crippen LogP contribution < -0.4 is 11.1 Å². The molecule has 3 N–H and O–H groups in total. The normalized spacial score (nSPS) is 23.8. The Hall–Kier alpha value is -1.14. The number of carbonyl (C=O) groups excluding carboxylic acids is 1. The fraction of sp³-hybridized carbons (Fsp3) is 0.650. The minimum absolute atomic E-state index is 0. The van der Waals surface area contributed by atoms with Gasteiger partial charge in [-0.2, -0.15) is 0 Å². The van der Waals surface area contributed by atoms with Crippen molar-refractivity contribution in [2.24, 2.45) is 17.1 Å². The van der Waals surface area contributed by atoms with Crippen molar-refractivity contribution in [1.29, 1.82) is 0 Å². The van der Waals surface area contributed by atoms with Gasteiger partial charge in [-0.1, -0.05) is 30.3 Å². The molecule has 146 valence electrons. The smallest absolute Gasteiger partial charge is 0.227 e. The third-order valence-corrected chi connectivity index (χ3v) is 5.95. The first-order valence-corrected chi connectivity index (χ1v) is 9.48. The Bertz CT molecular complexity index is 563. The number of halogens is 1. The van der Waals surface area contributed by atoms with Crippen LogP contribution in [-0.4, -0.2) is 49.7 Å². The van der Waals surface area contributed by atoms with Crippen LogP contribution in [0, 0.1) is 11.3 Å². The maximum atomic E-state index is 12.8. The molecule has 2 fully saturated rings. The Morgan fingerprint density at radius 1 is 1.35 bits per heavy atom. The van der Waals surface area contributed by atoms with Gasteiger partial charge in [-0.3, -0.25) is 9.69 Å². The Morgan fingerprint density at radius 2 is 2.04 bits per heavy atom. The number of hydrogen-bond donors (Lipinski definition) is 2. The third kappa shape index (κ3) is 4.97. The second-order valence-electron chi connectivity index (χ2n) is 7.63. The molecule has 1 aromatic rings. The number of ether oxygens (including phenoxy) is 1. The SMILES string of the molecule is CC(NC(=O)C1(CN)CCOCC1)C1CCN(Cc2ccccc2)C1.Cl. The van der Waals surface area contributed by atoms with Crippen molar-refractivity contribution in [3.63, 3.8) is 0 Å². The summed E-state index contributed by atoms with van der Waals surface area (Å²) in [6.45, 7) is 6.92. The lowest BCUT2D eigenvalue weighted by Gasteiger charge is -2.36. The molecule has 0 bridgehead atoms. The number of nitrogens with zero attached hydrogens (tertiary/aromatic N) is 1. The minimum atomic E-state index is -0.436. The van der Waals surface area contributed by atoms with E-state index in [0.29, 0.717) is 25.7 Å². The van der Waals surface area contributed by atoms with Crippen molar-refractivity contribution in [1.82, 2.24) is 10.2 Å². The van der Waals surface area contributed by atoms with E-state index in [2.05, 4.69) is 47.5 Å². The van der Waals surface area contributed by atoms with Gasteiger partial charge >= 0.3 is 0 Å². The van der Waals surface area contributed by atoms with Crippen LogP contribution in [0.15, 0.2) is 30.3 Å². The summed E-state index contributed by atoms with van der Waals surface area (Å²) in [4.78, 5) is 15.3. The second-order valence-corrected chi connectivity index (χ2v) is 7.63. The van der Waals surface area contributed by atoms with Crippen molar-refractivity contribution in [2.45, 2.75) is 38.8 Å². The van der Waals surface area contributed by atoms with Gasteiger partial charge in [0.1, 0.15) is 0 Å². The molecule has 2 atom stereocenters. The van der Waals surface area contributed by atoms with Crippen molar-refractivity contribution < 1.29 is 9.53 Å². The average Bonchev–Trinajstić information content (AvgIpc) is 3.11. The first-order valence-electron chi connectivity index (χ1n) is 9.48. The standard InChI is InChI=1S/C20H31N3O2.ClH/c1-16(22-19(24)20(15-21)8-11-25-12-9-20)18-7-10-23(14-18)13-17-5-3-2-4-6-17;/h2-6,16,18H,7-15,21H2,1H3,(H,22,24);1H. The molecule has 0 aromatic heterocycles. The molecule has 2 aliphatic rings. The predicted octanol–water partition coefficient (Wildman–Crippen LogP) is 2.19. The van der Waals surface area contributed by atoms with Crippen molar-refractivity contribution in [3.05, 3.63) is 35.9 Å². The van der Waals surface area contributed by atoms with Crippen LogP contribution in [-0.2, 0) is 16.1 Å². The highest BCUT2D eigenvalue weighted by Crippen LogP contribution is 2.30. The number of rotatable bonds is 6. The molecule has 26 heavy (non-hydrogen) atoms. The highest BCUT2D eigenvalue weighted by Gasteiger charge is 2.40. The Balaban J connectivity index is 0.00000243. The first kappa shape index (κ1) is 21.2. The van der Waals surface area contributed by atoms with E-state index in [1.54, 1.807) is 0 Å². The number of amides is 1.